The van der Waals surface area contributed by atoms with Gasteiger partial charge in [-0.05, 0) is 41.9 Å². The summed E-state index contributed by atoms with van der Waals surface area (Å²) in [5, 5.41) is 2.90. The Kier molecular flexibility index (Phi) is 2.74. The number of fused-ring (bicyclic) bond motifs is 1. The first-order chi connectivity index (χ1) is 8.16. The van der Waals surface area contributed by atoms with Gasteiger partial charge >= 0.3 is 0 Å². The van der Waals surface area contributed by atoms with Crippen LogP contribution in [-0.2, 0) is 6.42 Å². The number of carbonyl (C=O) groups excluding carboxylic acids is 1. The van der Waals surface area contributed by atoms with Crippen LogP contribution in [0.3, 0.4) is 0 Å². The third-order valence-corrected chi connectivity index (χ3v) is 5.13. The largest absolute Gasteiger partial charge is 0.352 e. The Balaban J connectivity index is 1.91. The molecule has 3 atom stereocenters. The van der Waals surface area contributed by atoms with Crippen LogP contribution in [0.5, 0.6) is 0 Å². The van der Waals surface area contributed by atoms with Crippen LogP contribution in [0, 0.1) is 11.8 Å². The van der Waals surface area contributed by atoms with Crippen molar-refractivity contribution >= 4 is 21.8 Å². The van der Waals surface area contributed by atoms with Crippen molar-refractivity contribution in [1.29, 1.82) is 0 Å². The van der Waals surface area contributed by atoms with Gasteiger partial charge in [-0.3, -0.25) is 4.79 Å². The molecule has 0 radical (unpaired) electrons. The fourth-order valence-electron chi connectivity index (χ4n) is 2.61. The second kappa shape index (κ2) is 4.13. The second-order valence-electron chi connectivity index (χ2n) is 5.20. The van der Waals surface area contributed by atoms with Crippen molar-refractivity contribution in [3.63, 3.8) is 0 Å². The van der Waals surface area contributed by atoms with Crippen molar-refractivity contribution < 1.29 is 4.79 Å². The Bertz CT molecular complexity index is 471. The molecule has 0 bridgehead atoms. The average molecular weight is 294 g/mol. The van der Waals surface area contributed by atoms with Gasteiger partial charge < -0.3 is 5.32 Å². The normalized spacial score (nSPS) is 28.2. The van der Waals surface area contributed by atoms with Gasteiger partial charge in [-0.2, -0.15) is 0 Å². The fraction of sp³-hybridized carbons (Fsp3) is 0.500. The summed E-state index contributed by atoms with van der Waals surface area (Å²) in [6.45, 7) is 3.05. The molecule has 0 saturated heterocycles. The Labute approximate surface area is 110 Å². The molecule has 90 valence electrons. The van der Waals surface area contributed by atoms with E-state index in [9.17, 15) is 4.79 Å². The summed E-state index contributed by atoms with van der Waals surface area (Å²) in [6, 6.07) is 6.35. The molecule has 2 aliphatic rings. The molecule has 1 fully saturated rings. The molecule has 3 rings (SSSR count). The van der Waals surface area contributed by atoms with Gasteiger partial charge in [0.1, 0.15) is 0 Å². The maximum Gasteiger partial charge on any atom is 0.251 e. The summed E-state index contributed by atoms with van der Waals surface area (Å²) in [5.41, 5.74) is 3.29. The minimum Gasteiger partial charge on any atom is -0.352 e. The van der Waals surface area contributed by atoms with E-state index in [4.69, 9.17) is 0 Å². The molecule has 17 heavy (non-hydrogen) atoms. The number of amides is 1. The highest BCUT2D eigenvalue weighted by molar-refractivity contribution is 9.09. The lowest BCUT2D eigenvalue weighted by Gasteiger charge is -2.18. The number of carbonyl (C=O) groups is 1. The Morgan fingerprint density at radius 1 is 1.47 bits per heavy atom. The number of alkyl halides is 1. The third kappa shape index (κ3) is 2.01. The van der Waals surface area contributed by atoms with E-state index in [1.54, 1.807) is 0 Å². The molecule has 3 heteroatoms. The molecule has 1 aromatic carbocycles. The highest BCUT2D eigenvalue weighted by Crippen LogP contribution is 2.51. The Morgan fingerprint density at radius 3 is 2.94 bits per heavy atom. The van der Waals surface area contributed by atoms with Crippen molar-refractivity contribution in [2.75, 3.05) is 6.54 Å². The van der Waals surface area contributed by atoms with Gasteiger partial charge in [0, 0.05) is 16.9 Å². The number of rotatable bonds is 2. The summed E-state index contributed by atoms with van der Waals surface area (Å²) in [7, 11) is 0. The first kappa shape index (κ1) is 11.3. The molecule has 1 aliphatic carbocycles. The lowest BCUT2D eigenvalue weighted by Crippen LogP contribution is -2.31. The minimum atomic E-state index is 0.0802. The van der Waals surface area contributed by atoms with E-state index in [0.29, 0.717) is 4.83 Å². The van der Waals surface area contributed by atoms with E-state index < -0.39 is 0 Å². The predicted molar refractivity (Wildman–Crippen MR) is 71.4 cm³/mol. The number of hydrogen-bond acceptors (Lipinski definition) is 1. The SMILES string of the molecule is CC1CC1C(Br)c1ccc2c(c1)C(=O)NCC2. The molecule has 3 unspecified atom stereocenters. The molecule has 1 amide bonds. The Morgan fingerprint density at radius 2 is 2.24 bits per heavy atom. The van der Waals surface area contributed by atoms with Crippen LogP contribution in [-0.4, -0.2) is 12.5 Å². The fourth-order valence-corrected chi connectivity index (χ4v) is 3.63. The van der Waals surface area contributed by atoms with Gasteiger partial charge in [0.05, 0.1) is 0 Å². The summed E-state index contributed by atoms with van der Waals surface area (Å²) in [6.07, 6.45) is 2.24. The standard InChI is InChI=1S/C14H16BrNO/c1-8-6-11(8)13(15)10-3-2-9-4-5-16-14(17)12(9)7-10/h2-3,7-8,11,13H,4-6H2,1H3,(H,16,17). The zero-order chi connectivity index (χ0) is 12.0. The molecule has 1 saturated carbocycles. The smallest absolute Gasteiger partial charge is 0.251 e. The number of benzene rings is 1. The van der Waals surface area contributed by atoms with E-state index in [-0.39, 0.29) is 5.91 Å². The van der Waals surface area contributed by atoms with Gasteiger partial charge in [0.25, 0.3) is 5.91 Å². The first-order valence-electron chi connectivity index (χ1n) is 6.22. The molecule has 1 heterocycles. The van der Waals surface area contributed by atoms with Gasteiger partial charge in [0.2, 0.25) is 0 Å². The number of hydrogen-bond donors (Lipinski definition) is 1. The highest BCUT2D eigenvalue weighted by Gasteiger charge is 2.39. The van der Waals surface area contributed by atoms with E-state index in [0.717, 1.165) is 30.4 Å². The summed E-state index contributed by atoms with van der Waals surface area (Å²) in [5.74, 6) is 1.63. The molecular formula is C14H16BrNO. The van der Waals surface area contributed by atoms with Crippen LogP contribution in [0.2, 0.25) is 0 Å². The number of halogens is 1. The van der Waals surface area contributed by atoms with Crippen LogP contribution in [0.4, 0.5) is 0 Å². The molecular weight excluding hydrogens is 278 g/mol. The van der Waals surface area contributed by atoms with Crippen molar-refractivity contribution in [3.8, 4) is 0 Å². The second-order valence-corrected chi connectivity index (χ2v) is 6.19. The van der Waals surface area contributed by atoms with Gasteiger partial charge in [0.15, 0.2) is 0 Å². The van der Waals surface area contributed by atoms with Crippen molar-refractivity contribution in [2.24, 2.45) is 11.8 Å². The lowest BCUT2D eigenvalue weighted by atomic mass is 9.96. The first-order valence-corrected chi connectivity index (χ1v) is 7.13. The van der Waals surface area contributed by atoms with Gasteiger partial charge in [-0.15, -0.1) is 0 Å². The highest BCUT2D eigenvalue weighted by atomic mass is 79.9. The maximum absolute atomic E-state index is 11.8. The molecule has 0 aromatic heterocycles. The maximum atomic E-state index is 11.8. The summed E-state index contributed by atoms with van der Waals surface area (Å²) >= 11 is 3.77. The molecule has 2 nitrogen and oxygen atoms in total. The molecule has 1 aromatic rings. The third-order valence-electron chi connectivity index (χ3n) is 3.92. The average Bonchev–Trinajstić information content (AvgIpc) is 3.06. The number of nitrogens with one attached hydrogen (secondary N) is 1. The van der Waals surface area contributed by atoms with E-state index in [1.807, 2.05) is 0 Å². The summed E-state index contributed by atoms with van der Waals surface area (Å²) < 4.78 is 0. The van der Waals surface area contributed by atoms with Crippen LogP contribution in [0.15, 0.2) is 18.2 Å². The van der Waals surface area contributed by atoms with Crippen LogP contribution in [0.1, 0.15) is 39.7 Å². The Hall–Kier alpha value is -0.830. The van der Waals surface area contributed by atoms with Crippen molar-refractivity contribution in [3.05, 3.63) is 34.9 Å². The van der Waals surface area contributed by atoms with Gasteiger partial charge in [-0.25, -0.2) is 0 Å². The van der Waals surface area contributed by atoms with E-state index in [1.165, 1.54) is 17.5 Å². The predicted octanol–water partition coefficient (Wildman–Crippen LogP) is 3.06. The van der Waals surface area contributed by atoms with E-state index in [2.05, 4.69) is 46.4 Å². The van der Waals surface area contributed by atoms with Gasteiger partial charge in [-0.1, -0.05) is 35.0 Å². The minimum absolute atomic E-state index is 0.0802. The van der Waals surface area contributed by atoms with Crippen LogP contribution >= 0.6 is 15.9 Å². The molecule has 1 N–H and O–H groups in total. The van der Waals surface area contributed by atoms with Crippen molar-refractivity contribution in [2.45, 2.75) is 24.6 Å². The van der Waals surface area contributed by atoms with Crippen LogP contribution < -0.4 is 5.32 Å². The zero-order valence-corrected chi connectivity index (χ0v) is 11.5. The zero-order valence-electron chi connectivity index (χ0n) is 9.87. The van der Waals surface area contributed by atoms with Crippen LogP contribution in [0.25, 0.3) is 0 Å². The monoisotopic (exact) mass is 293 g/mol. The molecule has 1 aliphatic heterocycles. The summed E-state index contributed by atoms with van der Waals surface area (Å²) in [4.78, 5) is 12.2. The molecule has 0 spiro atoms. The topological polar surface area (TPSA) is 29.1 Å². The quantitative estimate of drug-likeness (QED) is 0.835. The van der Waals surface area contributed by atoms with E-state index >= 15 is 0 Å². The van der Waals surface area contributed by atoms with Crippen molar-refractivity contribution in [1.82, 2.24) is 5.32 Å². The lowest BCUT2D eigenvalue weighted by molar-refractivity contribution is 0.0946.